The molecule has 0 saturated carbocycles. The smallest absolute Gasteiger partial charge is 0.286 e. The van der Waals surface area contributed by atoms with Gasteiger partial charge in [-0.25, -0.2) is 4.39 Å². The van der Waals surface area contributed by atoms with Crippen LogP contribution in [0.4, 0.5) is 4.39 Å². The minimum absolute atomic E-state index is 0.0242. The van der Waals surface area contributed by atoms with Crippen molar-refractivity contribution in [2.45, 2.75) is 12.7 Å². The minimum Gasteiger partial charge on any atom is -0.411 e. The van der Waals surface area contributed by atoms with Gasteiger partial charge in [0.05, 0.1) is 36.8 Å². The van der Waals surface area contributed by atoms with E-state index in [1.165, 1.54) is 19.1 Å². The zero-order valence-corrected chi connectivity index (χ0v) is 18.1. The molecule has 0 fully saturated rings. The summed E-state index contributed by atoms with van der Waals surface area (Å²) in [6, 6.07) is 4.33. The average Bonchev–Trinajstić information content (AvgIpc) is 2.75. The fourth-order valence-electron chi connectivity index (χ4n) is 1.91. The van der Waals surface area contributed by atoms with E-state index in [9.17, 15) is 18.8 Å². The number of nitrogens with two attached hydrogens (primary N) is 1. The molecule has 1 aromatic rings. The Morgan fingerprint density at radius 1 is 1.29 bits per heavy atom. The SMILES string of the molecule is C/C(=N/O)C(=N)CN=C(N)C(=O)NCC(=O)NCC(=O)CSCc1c(F)cccc1Cl. The number of rotatable bonds is 11. The van der Waals surface area contributed by atoms with Gasteiger partial charge < -0.3 is 27.0 Å². The first-order valence-electron chi connectivity index (χ1n) is 8.79. The van der Waals surface area contributed by atoms with E-state index in [1.807, 2.05) is 0 Å². The van der Waals surface area contributed by atoms with Crippen LogP contribution in [0.5, 0.6) is 0 Å². The van der Waals surface area contributed by atoms with Crippen molar-refractivity contribution in [1.29, 1.82) is 5.41 Å². The minimum atomic E-state index is -0.829. The second kappa shape index (κ2) is 13.3. The van der Waals surface area contributed by atoms with Gasteiger partial charge >= 0.3 is 0 Å². The number of thioether (sulfide) groups is 1. The first kappa shape index (κ1) is 26.0. The average molecular weight is 473 g/mol. The van der Waals surface area contributed by atoms with Gasteiger partial charge in [-0.2, -0.15) is 0 Å². The molecule has 0 aliphatic carbocycles. The predicted molar refractivity (Wildman–Crippen MR) is 118 cm³/mol. The number of benzene rings is 1. The van der Waals surface area contributed by atoms with Gasteiger partial charge in [0.15, 0.2) is 11.6 Å². The molecular formula is C18H22ClFN6O4S. The zero-order chi connectivity index (χ0) is 23.4. The number of Topliss-reactive ketones (excluding diaryl/α,β-unsaturated/α-hetero) is 1. The van der Waals surface area contributed by atoms with Gasteiger partial charge in [0, 0.05) is 16.3 Å². The van der Waals surface area contributed by atoms with Gasteiger partial charge in [-0.05, 0) is 19.1 Å². The standard InChI is InChI=1S/C18H22ClFN6O4S/c1-10(26-30)15(21)6-24-17(22)18(29)25-7-16(28)23-5-11(27)8-31-9-12-13(19)3-2-4-14(12)20/h2-4,21,30H,5-9H2,1H3,(H2,22,24)(H,23,28)(H,25,29)/b21-15?,26-10-. The lowest BCUT2D eigenvalue weighted by Gasteiger charge is -2.07. The third-order valence-corrected chi connectivity index (χ3v) is 5.06. The molecule has 0 bridgehead atoms. The van der Waals surface area contributed by atoms with Crippen molar-refractivity contribution in [1.82, 2.24) is 10.6 Å². The number of ketones is 1. The van der Waals surface area contributed by atoms with Crippen molar-refractivity contribution in [3.63, 3.8) is 0 Å². The van der Waals surface area contributed by atoms with Crippen LogP contribution in [0.15, 0.2) is 28.3 Å². The Hall–Kier alpha value is -2.99. The summed E-state index contributed by atoms with van der Waals surface area (Å²) in [6.07, 6.45) is 0. The van der Waals surface area contributed by atoms with Crippen molar-refractivity contribution in [2.24, 2.45) is 15.9 Å². The van der Waals surface area contributed by atoms with E-state index in [4.69, 9.17) is 28.0 Å². The maximum atomic E-state index is 13.7. The molecule has 0 aliphatic rings. The van der Waals surface area contributed by atoms with E-state index in [-0.39, 0.29) is 46.8 Å². The number of hydrogen-bond acceptors (Lipinski definition) is 8. The number of aliphatic imine (C=N–C) groups is 1. The van der Waals surface area contributed by atoms with E-state index in [0.29, 0.717) is 5.56 Å². The highest BCUT2D eigenvalue weighted by atomic mass is 35.5. The van der Waals surface area contributed by atoms with Crippen molar-refractivity contribution < 1.29 is 24.0 Å². The Balaban J connectivity index is 2.31. The molecule has 2 amide bonds. The van der Waals surface area contributed by atoms with Gasteiger partial charge in [-0.3, -0.25) is 19.4 Å². The van der Waals surface area contributed by atoms with Crippen LogP contribution in [0, 0.1) is 11.2 Å². The summed E-state index contributed by atoms with van der Waals surface area (Å²) < 4.78 is 13.7. The maximum absolute atomic E-state index is 13.7. The Morgan fingerprint density at radius 3 is 2.65 bits per heavy atom. The van der Waals surface area contributed by atoms with E-state index in [1.54, 1.807) is 6.07 Å². The van der Waals surface area contributed by atoms with Crippen LogP contribution in [-0.4, -0.2) is 65.5 Å². The number of carbonyl (C=O) groups excluding carboxylic acids is 3. The van der Waals surface area contributed by atoms with Crippen LogP contribution in [0.1, 0.15) is 12.5 Å². The molecule has 13 heteroatoms. The normalized spacial score (nSPS) is 11.7. The lowest BCUT2D eigenvalue weighted by atomic mass is 10.2. The van der Waals surface area contributed by atoms with E-state index in [0.717, 1.165) is 11.8 Å². The van der Waals surface area contributed by atoms with Gasteiger partial charge in [0.1, 0.15) is 5.82 Å². The van der Waals surface area contributed by atoms with Gasteiger partial charge in [-0.15, -0.1) is 11.8 Å². The van der Waals surface area contributed by atoms with E-state index in [2.05, 4.69) is 20.8 Å². The molecule has 0 unspecified atom stereocenters. The Kier molecular flexibility index (Phi) is 11.2. The van der Waals surface area contributed by atoms with Crippen LogP contribution < -0.4 is 16.4 Å². The quantitative estimate of drug-likeness (QED) is 0.137. The molecule has 0 aliphatic heterocycles. The largest absolute Gasteiger partial charge is 0.411 e. The monoisotopic (exact) mass is 472 g/mol. The molecule has 168 valence electrons. The van der Waals surface area contributed by atoms with E-state index >= 15 is 0 Å². The Labute approximate surface area is 187 Å². The third-order valence-electron chi connectivity index (χ3n) is 3.69. The first-order chi connectivity index (χ1) is 14.6. The van der Waals surface area contributed by atoms with Crippen molar-refractivity contribution >= 4 is 58.2 Å². The number of amidine groups is 1. The van der Waals surface area contributed by atoms with Crippen LogP contribution in [-0.2, 0) is 20.1 Å². The molecular weight excluding hydrogens is 451 g/mol. The summed E-state index contributed by atoms with van der Waals surface area (Å²) in [4.78, 5) is 39.0. The zero-order valence-electron chi connectivity index (χ0n) is 16.6. The molecule has 0 atom stereocenters. The number of halogens is 2. The van der Waals surface area contributed by atoms with Gasteiger partial charge in [-0.1, -0.05) is 22.8 Å². The second-order valence-corrected chi connectivity index (χ2v) is 7.45. The van der Waals surface area contributed by atoms with Crippen LogP contribution >= 0.6 is 23.4 Å². The highest BCUT2D eigenvalue weighted by Gasteiger charge is 2.12. The molecule has 10 nitrogen and oxygen atoms in total. The number of hydrogen-bond donors (Lipinski definition) is 5. The highest BCUT2D eigenvalue weighted by molar-refractivity contribution is 7.99. The van der Waals surface area contributed by atoms with Crippen molar-refractivity contribution in [3.05, 3.63) is 34.6 Å². The molecule has 0 radical (unpaired) electrons. The molecule has 1 rings (SSSR count). The summed E-state index contributed by atoms with van der Waals surface area (Å²) in [5.74, 6) is -2.40. The van der Waals surface area contributed by atoms with Gasteiger partial charge in [0.25, 0.3) is 5.91 Å². The topological polar surface area (TPSA) is 170 Å². The molecule has 0 aromatic heterocycles. The fraction of sp³-hybridized carbons (Fsp3) is 0.333. The summed E-state index contributed by atoms with van der Waals surface area (Å²) in [5, 5.41) is 23.7. The maximum Gasteiger partial charge on any atom is 0.286 e. The molecule has 0 saturated heterocycles. The van der Waals surface area contributed by atoms with Crippen LogP contribution in [0.25, 0.3) is 0 Å². The van der Waals surface area contributed by atoms with Crippen molar-refractivity contribution in [2.75, 3.05) is 25.4 Å². The highest BCUT2D eigenvalue weighted by Crippen LogP contribution is 2.23. The number of oxime groups is 1. The van der Waals surface area contributed by atoms with E-state index < -0.39 is 30.0 Å². The number of nitrogens with zero attached hydrogens (tertiary/aromatic N) is 2. The Morgan fingerprint density at radius 2 is 2.00 bits per heavy atom. The number of carbonyl (C=O) groups is 3. The summed E-state index contributed by atoms with van der Waals surface area (Å²) in [7, 11) is 0. The number of amides is 2. The summed E-state index contributed by atoms with van der Waals surface area (Å²) in [5.41, 5.74) is 5.65. The molecule has 31 heavy (non-hydrogen) atoms. The summed E-state index contributed by atoms with van der Waals surface area (Å²) >= 11 is 7.07. The predicted octanol–water partition coefficient (Wildman–Crippen LogP) is 0.741. The third kappa shape index (κ3) is 9.57. The van der Waals surface area contributed by atoms with Gasteiger partial charge in [0.2, 0.25) is 5.91 Å². The summed E-state index contributed by atoms with van der Waals surface area (Å²) in [6.45, 7) is 0.418. The number of nitrogens with one attached hydrogen (secondary N) is 3. The lowest BCUT2D eigenvalue weighted by molar-refractivity contribution is -0.125. The van der Waals surface area contributed by atoms with Crippen LogP contribution in [0.3, 0.4) is 0 Å². The fourth-order valence-corrected chi connectivity index (χ4v) is 3.15. The van der Waals surface area contributed by atoms with Crippen molar-refractivity contribution in [3.8, 4) is 0 Å². The Bertz CT molecular complexity index is 889. The first-order valence-corrected chi connectivity index (χ1v) is 10.3. The molecule has 0 heterocycles. The molecule has 1 aromatic carbocycles. The molecule has 6 N–H and O–H groups in total. The molecule has 0 spiro atoms. The second-order valence-electron chi connectivity index (χ2n) is 6.06. The lowest BCUT2D eigenvalue weighted by Crippen LogP contribution is -2.43. The van der Waals surface area contributed by atoms with Crippen LogP contribution in [0.2, 0.25) is 5.02 Å².